The van der Waals surface area contributed by atoms with E-state index in [1.54, 1.807) is 38.1 Å². The first-order valence-electron chi connectivity index (χ1n) is 12.8. The minimum Gasteiger partial charge on any atom is -0.368 e. The Bertz CT molecular complexity index is 1430. The molecule has 3 aromatic rings. The zero-order valence-electron chi connectivity index (χ0n) is 21.8. The molecule has 5 rings (SSSR count). The number of carbonyl (C=O) groups is 1. The van der Waals surface area contributed by atoms with Crippen LogP contribution in [0.15, 0.2) is 51.9 Å². The van der Waals surface area contributed by atoms with E-state index in [9.17, 15) is 13.2 Å². The van der Waals surface area contributed by atoms with Gasteiger partial charge < -0.3 is 19.2 Å². The number of aromatic nitrogens is 1. The molecule has 9 nitrogen and oxygen atoms in total. The number of hydrogen-bond acceptors (Lipinski definition) is 7. The highest BCUT2D eigenvalue weighted by Crippen LogP contribution is 2.32. The number of hydrogen-bond donors (Lipinski definition) is 1. The van der Waals surface area contributed by atoms with E-state index in [0.29, 0.717) is 37.4 Å². The number of rotatable bonds is 6. The van der Waals surface area contributed by atoms with Gasteiger partial charge in [0.15, 0.2) is 0 Å². The Hall–Kier alpha value is -3.24. The van der Waals surface area contributed by atoms with E-state index >= 15 is 0 Å². The standard InChI is InChI=1S/C27H32ClN5O4S/c1-18-19(2)29-37-26(18)30-38(35,36)24-9-7-23(8-10-24)31-13-15-32(16-14-31)27(34)20(3)33-12-4-5-21-17-22(28)6-11-25(21)33/h6-11,17,20,30H,4-5,12-16H2,1-3H3. The average Bonchev–Trinajstić information content (AvgIpc) is 3.23. The molecule has 0 spiro atoms. The van der Waals surface area contributed by atoms with E-state index in [0.717, 1.165) is 35.8 Å². The van der Waals surface area contributed by atoms with Gasteiger partial charge >= 0.3 is 0 Å². The number of piperazine rings is 1. The van der Waals surface area contributed by atoms with Gasteiger partial charge in [-0.3, -0.25) is 4.79 Å². The number of benzene rings is 2. The van der Waals surface area contributed by atoms with Gasteiger partial charge in [0.05, 0.1) is 10.6 Å². The van der Waals surface area contributed by atoms with Crippen LogP contribution in [0.2, 0.25) is 5.02 Å². The van der Waals surface area contributed by atoms with Crippen LogP contribution in [0.25, 0.3) is 0 Å². The van der Waals surface area contributed by atoms with Crippen molar-refractivity contribution in [2.75, 3.05) is 47.2 Å². The van der Waals surface area contributed by atoms with Crippen LogP contribution in [0.1, 0.15) is 30.2 Å². The van der Waals surface area contributed by atoms with Gasteiger partial charge in [0.1, 0.15) is 6.04 Å². The van der Waals surface area contributed by atoms with Crippen LogP contribution in [0.3, 0.4) is 0 Å². The molecule has 202 valence electrons. The van der Waals surface area contributed by atoms with Crippen molar-refractivity contribution in [3.05, 3.63) is 64.3 Å². The SMILES string of the molecule is Cc1noc(NS(=O)(=O)c2ccc(N3CCN(C(=O)C(C)N4CCCc5cc(Cl)ccc54)CC3)cc2)c1C. The molecule has 11 heteroatoms. The lowest BCUT2D eigenvalue weighted by Crippen LogP contribution is -2.55. The molecular formula is C27H32ClN5O4S. The summed E-state index contributed by atoms with van der Waals surface area (Å²) in [7, 11) is -3.80. The molecule has 2 aromatic carbocycles. The van der Waals surface area contributed by atoms with Crippen LogP contribution < -0.4 is 14.5 Å². The maximum absolute atomic E-state index is 13.4. The molecule has 0 saturated carbocycles. The van der Waals surface area contributed by atoms with Crippen LogP contribution in [0, 0.1) is 13.8 Å². The van der Waals surface area contributed by atoms with E-state index in [1.807, 2.05) is 30.0 Å². The molecule has 38 heavy (non-hydrogen) atoms. The van der Waals surface area contributed by atoms with E-state index in [1.165, 1.54) is 5.56 Å². The van der Waals surface area contributed by atoms with Gasteiger partial charge in [-0.15, -0.1) is 0 Å². The van der Waals surface area contributed by atoms with Crippen LogP contribution in [-0.2, 0) is 21.2 Å². The van der Waals surface area contributed by atoms with E-state index in [-0.39, 0.29) is 22.7 Å². The Morgan fingerprint density at radius 3 is 2.42 bits per heavy atom. The lowest BCUT2D eigenvalue weighted by Gasteiger charge is -2.41. The van der Waals surface area contributed by atoms with Crippen LogP contribution >= 0.6 is 11.6 Å². The Labute approximate surface area is 228 Å². The molecule has 1 atom stereocenters. The van der Waals surface area contributed by atoms with Gasteiger partial charge in [-0.1, -0.05) is 16.8 Å². The zero-order valence-corrected chi connectivity index (χ0v) is 23.3. The smallest absolute Gasteiger partial charge is 0.264 e. The second-order valence-corrected chi connectivity index (χ2v) is 12.0. The number of sulfonamides is 1. The minimum absolute atomic E-state index is 0.123. The van der Waals surface area contributed by atoms with Crippen molar-refractivity contribution in [2.24, 2.45) is 0 Å². The minimum atomic E-state index is -3.80. The van der Waals surface area contributed by atoms with Crippen LogP contribution in [0.4, 0.5) is 17.3 Å². The molecule has 0 radical (unpaired) electrons. The van der Waals surface area contributed by atoms with Crippen LogP contribution in [0.5, 0.6) is 0 Å². The highest BCUT2D eigenvalue weighted by atomic mass is 35.5. The number of amides is 1. The fourth-order valence-corrected chi connectivity index (χ4v) is 6.35. The molecule has 1 saturated heterocycles. The Morgan fingerprint density at radius 1 is 1.05 bits per heavy atom. The summed E-state index contributed by atoms with van der Waals surface area (Å²) in [6.45, 7) is 8.89. The quantitative estimate of drug-likeness (QED) is 0.484. The molecule has 2 aliphatic heterocycles. The topological polar surface area (TPSA) is 99.0 Å². The van der Waals surface area contributed by atoms with Gasteiger partial charge in [-0.25, -0.2) is 13.1 Å². The maximum atomic E-state index is 13.4. The predicted octanol–water partition coefficient (Wildman–Crippen LogP) is 4.24. The van der Waals surface area contributed by atoms with Gasteiger partial charge in [-0.05, 0) is 81.6 Å². The van der Waals surface area contributed by atoms with Crippen molar-refractivity contribution < 1.29 is 17.7 Å². The predicted molar refractivity (Wildman–Crippen MR) is 149 cm³/mol. The summed E-state index contributed by atoms with van der Waals surface area (Å²) < 4.78 is 33.1. The Morgan fingerprint density at radius 2 is 1.76 bits per heavy atom. The van der Waals surface area contributed by atoms with Crippen molar-refractivity contribution >= 4 is 44.8 Å². The van der Waals surface area contributed by atoms with E-state index in [4.69, 9.17) is 16.1 Å². The average molecular weight is 558 g/mol. The Kier molecular flexibility index (Phi) is 7.28. The summed E-state index contributed by atoms with van der Waals surface area (Å²) in [5.74, 6) is 0.247. The second kappa shape index (κ2) is 10.5. The number of nitrogens with one attached hydrogen (secondary N) is 1. The van der Waals surface area contributed by atoms with Gasteiger partial charge in [-0.2, -0.15) is 0 Å². The highest BCUT2D eigenvalue weighted by Gasteiger charge is 2.31. The molecule has 2 aliphatic rings. The molecule has 1 amide bonds. The number of anilines is 3. The summed E-state index contributed by atoms with van der Waals surface area (Å²) in [5.41, 5.74) is 4.49. The number of fused-ring (bicyclic) bond motifs is 1. The fraction of sp³-hybridized carbons (Fsp3) is 0.407. The van der Waals surface area contributed by atoms with Crippen LogP contribution in [-0.4, -0.2) is 63.1 Å². The first kappa shape index (κ1) is 26.4. The lowest BCUT2D eigenvalue weighted by molar-refractivity contribution is -0.132. The summed E-state index contributed by atoms with van der Waals surface area (Å²) in [6, 6.07) is 12.4. The summed E-state index contributed by atoms with van der Waals surface area (Å²) in [6.07, 6.45) is 1.97. The molecule has 1 fully saturated rings. The van der Waals surface area contributed by atoms with Crippen molar-refractivity contribution in [1.82, 2.24) is 10.1 Å². The number of nitrogens with zero attached hydrogens (tertiary/aromatic N) is 4. The third kappa shape index (κ3) is 5.19. The lowest BCUT2D eigenvalue weighted by atomic mass is 10.00. The van der Waals surface area contributed by atoms with Crippen molar-refractivity contribution in [1.29, 1.82) is 0 Å². The summed E-state index contributed by atoms with van der Waals surface area (Å²) in [5, 5.41) is 4.52. The molecule has 1 aromatic heterocycles. The molecule has 1 N–H and O–H groups in total. The molecule has 0 aliphatic carbocycles. The largest absolute Gasteiger partial charge is 0.368 e. The third-order valence-electron chi connectivity index (χ3n) is 7.51. The highest BCUT2D eigenvalue weighted by molar-refractivity contribution is 7.92. The van der Waals surface area contributed by atoms with E-state index in [2.05, 4.69) is 19.7 Å². The summed E-state index contributed by atoms with van der Waals surface area (Å²) in [4.78, 5) is 19.8. The number of halogens is 1. The third-order valence-corrected chi connectivity index (χ3v) is 9.09. The van der Waals surface area contributed by atoms with Crippen molar-refractivity contribution in [3.63, 3.8) is 0 Å². The number of aryl methyl sites for hydroxylation is 2. The molecular weight excluding hydrogens is 526 g/mol. The van der Waals surface area contributed by atoms with Gasteiger partial charge in [0.25, 0.3) is 10.0 Å². The Balaban J connectivity index is 1.20. The molecule has 3 heterocycles. The number of carbonyl (C=O) groups excluding carboxylic acids is 1. The van der Waals surface area contributed by atoms with E-state index < -0.39 is 10.0 Å². The molecule has 0 bridgehead atoms. The first-order chi connectivity index (χ1) is 18.1. The monoisotopic (exact) mass is 557 g/mol. The van der Waals surface area contributed by atoms with Crippen molar-refractivity contribution in [2.45, 2.75) is 44.6 Å². The van der Waals surface area contributed by atoms with Crippen molar-refractivity contribution in [3.8, 4) is 0 Å². The van der Waals surface area contributed by atoms with Gasteiger partial charge in [0, 0.05) is 54.7 Å². The second-order valence-electron chi connectivity index (χ2n) is 9.88. The molecule has 1 unspecified atom stereocenters. The zero-order chi connectivity index (χ0) is 27.0. The summed E-state index contributed by atoms with van der Waals surface area (Å²) >= 11 is 6.19. The first-order valence-corrected chi connectivity index (χ1v) is 14.6. The maximum Gasteiger partial charge on any atom is 0.264 e. The normalized spacial score (nSPS) is 16.8. The van der Waals surface area contributed by atoms with Gasteiger partial charge in [0.2, 0.25) is 11.8 Å². The fourth-order valence-electron chi connectivity index (χ4n) is 5.11.